The normalized spacial score (nSPS) is 21.9. The summed E-state index contributed by atoms with van der Waals surface area (Å²) in [6.07, 6.45) is 12.8. The Morgan fingerprint density at radius 2 is 1.61 bits per heavy atom. The largest absolute Gasteiger partial charge is 0.469 e. The van der Waals surface area contributed by atoms with Gasteiger partial charge in [0.05, 0.1) is 19.3 Å². The van der Waals surface area contributed by atoms with Gasteiger partial charge in [-0.3, -0.25) is 4.79 Å². The predicted octanol–water partition coefficient (Wildman–Crippen LogP) is 3.85. The van der Waals surface area contributed by atoms with Crippen molar-refractivity contribution in [2.24, 2.45) is 0 Å². The lowest BCUT2D eigenvalue weighted by Crippen LogP contribution is -1.99. The highest BCUT2D eigenvalue weighted by atomic mass is 16.6. The van der Waals surface area contributed by atoms with E-state index in [1.54, 1.807) is 0 Å². The van der Waals surface area contributed by atoms with E-state index >= 15 is 0 Å². The summed E-state index contributed by atoms with van der Waals surface area (Å²) in [5.74, 6) is -0.0788. The van der Waals surface area contributed by atoms with Crippen LogP contribution in [0.1, 0.15) is 71.1 Å². The van der Waals surface area contributed by atoms with Gasteiger partial charge in [-0.05, 0) is 19.3 Å². The van der Waals surface area contributed by atoms with Crippen molar-refractivity contribution in [3.05, 3.63) is 0 Å². The van der Waals surface area contributed by atoms with E-state index in [4.69, 9.17) is 4.74 Å². The summed E-state index contributed by atoms with van der Waals surface area (Å²) >= 11 is 0. The van der Waals surface area contributed by atoms with Gasteiger partial charge in [0.2, 0.25) is 0 Å². The molecule has 1 saturated heterocycles. The van der Waals surface area contributed by atoms with E-state index in [2.05, 4.69) is 11.7 Å². The van der Waals surface area contributed by atoms with Gasteiger partial charge in [0.25, 0.3) is 0 Å². The van der Waals surface area contributed by atoms with Crippen LogP contribution in [0.5, 0.6) is 0 Å². The molecular formula is C15H28O3. The van der Waals surface area contributed by atoms with Crippen LogP contribution >= 0.6 is 0 Å². The van der Waals surface area contributed by atoms with Gasteiger partial charge in [0.1, 0.15) is 0 Å². The second kappa shape index (κ2) is 9.37. The van der Waals surface area contributed by atoms with Crippen molar-refractivity contribution in [2.75, 3.05) is 7.11 Å². The number of hydrogen-bond donors (Lipinski definition) is 0. The van der Waals surface area contributed by atoms with Crippen molar-refractivity contribution >= 4 is 5.97 Å². The topological polar surface area (TPSA) is 38.8 Å². The van der Waals surface area contributed by atoms with Crippen molar-refractivity contribution in [1.29, 1.82) is 0 Å². The fourth-order valence-corrected chi connectivity index (χ4v) is 2.39. The van der Waals surface area contributed by atoms with E-state index in [-0.39, 0.29) is 5.97 Å². The van der Waals surface area contributed by atoms with E-state index in [0.29, 0.717) is 18.6 Å². The quantitative estimate of drug-likeness (QED) is 0.320. The Balaban J connectivity index is 1.72. The fraction of sp³-hybridized carbons (Fsp3) is 0.933. The summed E-state index contributed by atoms with van der Waals surface area (Å²) in [5, 5.41) is 0. The maximum atomic E-state index is 10.9. The molecule has 1 aliphatic rings. The Bertz CT molecular complexity index is 228. The van der Waals surface area contributed by atoms with Crippen LogP contribution in [0.3, 0.4) is 0 Å². The van der Waals surface area contributed by atoms with E-state index in [1.807, 2.05) is 0 Å². The molecule has 0 spiro atoms. The number of methoxy groups -OCH3 is 1. The average molecular weight is 256 g/mol. The van der Waals surface area contributed by atoms with Crippen molar-refractivity contribution < 1.29 is 14.3 Å². The Kier molecular flexibility index (Phi) is 8.06. The molecule has 0 saturated carbocycles. The van der Waals surface area contributed by atoms with Crippen molar-refractivity contribution in [3.8, 4) is 0 Å². The smallest absolute Gasteiger partial charge is 0.305 e. The fourth-order valence-electron chi connectivity index (χ4n) is 2.39. The zero-order valence-electron chi connectivity index (χ0n) is 12.0. The number of hydrogen-bond acceptors (Lipinski definition) is 3. The van der Waals surface area contributed by atoms with E-state index < -0.39 is 0 Å². The average Bonchev–Trinajstić information content (AvgIpc) is 3.15. The van der Waals surface area contributed by atoms with Crippen molar-refractivity contribution in [2.45, 2.75) is 83.3 Å². The summed E-state index contributed by atoms with van der Waals surface area (Å²) in [7, 11) is 1.45. The molecule has 1 heterocycles. The standard InChI is InChI=1S/C15H28O3/c1-3-13-14(18-13)11-9-7-5-4-6-8-10-12-15(16)17-2/h13-14H,3-12H2,1-2H3. The minimum absolute atomic E-state index is 0.0788. The molecule has 1 fully saturated rings. The van der Waals surface area contributed by atoms with Gasteiger partial charge in [-0.25, -0.2) is 0 Å². The maximum absolute atomic E-state index is 10.9. The number of esters is 1. The van der Waals surface area contributed by atoms with Gasteiger partial charge in [-0.15, -0.1) is 0 Å². The lowest BCUT2D eigenvalue weighted by Gasteiger charge is -2.01. The molecule has 0 amide bonds. The van der Waals surface area contributed by atoms with Crippen LogP contribution in [-0.4, -0.2) is 25.3 Å². The summed E-state index contributed by atoms with van der Waals surface area (Å²) in [6.45, 7) is 2.19. The third kappa shape index (κ3) is 7.00. The van der Waals surface area contributed by atoms with Crippen LogP contribution in [0.4, 0.5) is 0 Å². The Morgan fingerprint density at radius 1 is 1.00 bits per heavy atom. The van der Waals surface area contributed by atoms with E-state index in [9.17, 15) is 4.79 Å². The molecular weight excluding hydrogens is 228 g/mol. The molecule has 0 aromatic heterocycles. The van der Waals surface area contributed by atoms with Gasteiger partial charge < -0.3 is 9.47 Å². The lowest BCUT2D eigenvalue weighted by molar-refractivity contribution is -0.140. The summed E-state index contributed by atoms with van der Waals surface area (Å²) in [6, 6.07) is 0. The van der Waals surface area contributed by atoms with Crippen LogP contribution < -0.4 is 0 Å². The first kappa shape index (κ1) is 15.5. The zero-order chi connectivity index (χ0) is 13.2. The minimum Gasteiger partial charge on any atom is -0.469 e. The minimum atomic E-state index is -0.0788. The lowest BCUT2D eigenvalue weighted by atomic mass is 10.1. The second-order valence-corrected chi connectivity index (χ2v) is 5.21. The highest BCUT2D eigenvalue weighted by Gasteiger charge is 2.35. The Morgan fingerprint density at radius 3 is 2.17 bits per heavy atom. The number of ether oxygens (including phenoxy) is 2. The molecule has 2 unspecified atom stereocenters. The van der Waals surface area contributed by atoms with E-state index in [1.165, 1.54) is 52.1 Å². The molecule has 1 rings (SSSR count). The number of carbonyl (C=O) groups excluding carboxylic acids is 1. The first-order valence-electron chi connectivity index (χ1n) is 7.50. The first-order chi connectivity index (χ1) is 8.77. The molecule has 0 N–H and O–H groups in total. The van der Waals surface area contributed by atoms with Gasteiger partial charge in [-0.1, -0.05) is 45.4 Å². The van der Waals surface area contributed by atoms with Gasteiger partial charge in [0.15, 0.2) is 0 Å². The summed E-state index contributed by atoms with van der Waals surface area (Å²) in [4.78, 5) is 10.9. The molecule has 3 heteroatoms. The Hall–Kier alpha value is -0.570. The Labute approximate surface area is 111 Å². The maximum Gasteiger partial charge on any atom is 0.305 e. The van der Waals surface area contributed by atoms with Gasteiger partial charge >= 0.3 is 5.97 Å². The number of epoxide rings is 1. The molecule has 2 atom stereocenters. The molecule has 0 aliphatic carbocycles. The second-order valence-electron chi connectivity index (χ2n) is 5.21. The predicted molar refractivity (Wildman–Crippen MR) is 72.5 cm³/mol. The number of unbranched alkanes of at least 4 members (excludes halogenated alkanes) is 6. The third-order valence-electron chi connectivity index (χ3n) is 3.69. The number of rotatable bonds is 11. The molecule has 0 aromatic carbocycles. The SMILES string of the molecule is CCC1OC1CCCCCCCCCC(=O)OC. The monoisotopic (exact) mass is 256 g/mol. The molecule has 3 nitrogen and oxygen atoms in total. The molecule has 106 valence electrons. The highest BCUT2D eigenvalue weighted by Crippen LogP contribution is 2.29. The third-order valence-corrected chi connectivity index (χ3v) is 3.69. The summed E-state index contributed by atoms with van der Waals surface area (Å²) < 4.78 is 10.1. The molecule has 1 aliphatic heterocycles. The first-order valence-corrected chi connectivity index (χ1v) is 7.50. The van der Waals surface area contributed by atoms with Crippen LogP contribution in [0.15, 0.2) is 0 Å². The molecule has 0 aromatic rings. The van der Waals surface area contributed by atoms with Crippen LogP contribution in [-0.2, 0) is 14.3 Å². The highest BCUT2D eigenvalue weighted by molar-refractivity contribution is 5.68. The van der Waals surface area contributed by atoms with Gasteiger partial charge in [-0.2, -0.15) is 0 Å². The molecule has 18 heavy (non-hydrogen) atoms. The number of carbonyl (C=O) groups is 1. The van der Waals surface area contributed by atoms with Crippen LogP contribution in [0, 0.1) is 0 Å². The van der Waals surface area contributed by atoms with Crippen LogP contribution in [0.2, 0.25) is 0 Å². The van der Waals surface area contributed by atoms with E-state index in [0.717, 1.165) is 12.8 Å². The molecule has 0 radical (unpaired) electrons. The van der Waals surface area contributed by atoms with Gasteiger partial charge in [0, 0.05) is 6.42 Å². The molecule has 0 bridgehead atoms. The van der Waals surface area contributed by atoms with Crippen molar-refractivity contribution in [3.63, 3.8) is 0 Å². The van der Waals surface area contributed by atoms with Crippen molar-refractivity contribution in [1.82, 2.24) is 0 Å². The summed E-state index contributed by atoms with van der Waals surface area (Å²) in [5.41, 5.74) is 0. The van der Waals surface area contributed by atoms with Crippen LogP contribution in [0.25, 0.3) is 0 Å². The zero-order valence-corrected chi connectivity index (χ0v) is 12.0.